The van der Waals surface area contributed by atoms with Gasteiger partial charge >= 0.3 is 5.97 Å². The van der Waals surface area contributed by atoms with E-state index in [0.29, 0.717) is 12.2 Å². The standard InChI is InChI=1S/C18H31NO4S/c1-15(20)19-17(14-24-16(2)21)12-10-8-6-4-5-7-9-11-13-18(22)23-3/h10,12,17H,4-9,11,13-14H2,1-3H3,(H,19,20). The maximum atomic E-state index is 11.2. The van der Waals surface area contributed by atoms with Crippen LogP contribution in [-0.2, 0) is 19.1 Å². The molecule has 138 valence electrons. The predicted octanol–water partition coefficient (Wildman–Crippen LogP) is 3.62. The van der Waals surface area contributed by atoms with Crippen LogP contribution in [0, 0.1) is 0 Å². The third-order valence-electron chi connectivity index (χ3n) is 3.45. The fourth-order valence-corrected chi connectivity index (χ4v) is 2.82. The molecule has 1 atom stereocenters. The lowest BCUT2D eigenvalue weighted by Crippen LogP contribution is -2.33. The second-order valence-corrected chi connectivity index (χ2v) is 6.97. The van der Waals surface area contributed by atoms with Crippen LogP contribution in [-0.4, -0.2) is 35.9 Å². The lowest BCUT2D eigenvalue weighted by molar-refractivity contribution is -0.140. The van der Waals surface area contributed by atoms with Gasteiger partial charge in [0.2, 0.25) is 5.91 Å². The Morgan fingerprint density at radius 2 is 1.67 bits per heavy atom. The molecule has 0 aliphatic heterocycles. The Morgan fingerprint density at radius 3 is 2.25 bits per heavy atom. The molecule has 6 heteroatoms. The molecule has 5 nitrogen and oxygen atoms in total. The van der Waals surface area contributed by atoms with Gasteiger partial charge in [-0.25, -0.2) is 0 Å². The van der Waals surface area contributed by atoms with Crippen molar-refractivity contribution in [2.75, 3.05) is 12.9 Å². The fraction of sp³-hybridized carbons (Fsp3) is 0.722. The molecule has 0 saturated heterocycles. The SMILES string of the molecule is COC(=O)CCCCCCCCC=CC(CSC(C)=O)NC(C)=O. The molecule has 0 aromatic heterocycles. The second-order valence-electron chi connectivity index (χ2n) is 5.77. The molecule has 0 radical (unpaired) electrons. The van der Waals surface area contributed by atoms with Crippen molar-refractivity contribution in [2.24, 2.45) is 0 Å². The van der Waals surface area contributed by atoms with Gasteiger partial charge in [-0.1, -0.05) is 49.6 Å². The number of methoxy groups -OCH3 is 1. The maximum absolute atomic E-state index is 11.2. The van der Waals surface area contributed by atoms with Crippen LogP contribution in [0.1, 0.15) is 65.2 Å². The van der Waals surface area contributed by atoms with Gasteiger partial charge < -0.3 is 10.1 Å². The summed E-state index contributed by atoms with van der Waals surface area (Å²) < 4.78 is 4.60. The molecule has 0 fully saturated rings. The van der Waals surface area contributed by atoms with Gasteiger partial charge in [-0.15, -0.1) is 0 Å². The molecule has 0 spiro atoms. The van der Waals surface area contributed by atoms with Crippen LogP contribution in [0.3, 0.4) is 0 Å². The van der Waals surface area contributed by atoms with Crippen molar-refractivity contribution in [1.29, 1.82) is 0 Å². The number of nitrogens with one attached hydrogen (secondary N) is 1. The van der Waals surface area contributed by atoms with Crippen molar-refractivity contribution in [3.05, 3.63) is 12.2 Å². The molecular formula is C18H31NO4S. The Bertz CT molecular complexity index is 410. The molecular weight excluding hydrogens is 326 g/mol. The number of esters is 1. The molecule has 0 heterocycles. The van der Waals surface area contributed by atoms with Crippen LogP contribution >= 0.6 is 11.8 Å². The number of carbonyl (C=O) groups is 3. The number of thioether (sulfide) groups is 1. The van der Waals surface area contributed by atoms with Crippen molar-refractivity contribution in [2.45, 2.75) is 71.3 Å². The van der Waals surface area contributed by atoms with Crippen LogP contribution in [0.15, 0.2) is 12.2 Å². The monoisotopic (exact) mass is 357 g/mol. The van der Waals surface area contributed by atoms with E-state index >= 15 is 0 Å². The summed E-state index contributed by atoms with van der Waals surface area (Å²) in [5, 5.41) is 2.90. The molecule has 1 amide bonds. The Morgan fingerprint density at radius 1 is 1.04 bits per heavy atom. The minimum absolute atomic E-state index is 0.0611. The first-order chi connectivity index (χ1) is 11.5. The molecule has 24 heavy (non-hydrogen) atoms. The zero-order chi connectivity index (χ0) is 18.2. The third-order valence-corrected chi connectivity index (χ3v) is 4.38. The zero-order valence-corrected chi connectivity index (χ0v) is 16.0. The normalized spacial score (nSPS) is 12.1. The smallest absolute Gasteiger partial charge is 0.305 e. The lowest BCUT2D eigenvalue weighted by atomic mass is 10.1. The van der Waals surface area contributed by atoms with E-state index in [2.05, 4.69) is 16.1 Å². The summed E-state index contributed by atoms with van der Waals surface area (Å²) in [7, 11) is 1.42. The van der Waals surface area contributed by atoms with Crippen molar-refractivity contribution >= 4 is 28.8 Å². The Hall–Kier alpha value is -1.30. The van der Waals surface area contributed by atoms with E-state index in [9.17, 15) is 14.4 Å². The minimum Gasteiger partial charge on any atom is -0.469 e. The quantitative estimate of drug-likeness (QED) is 0.310. The molecule has 0 aromatic rings. The van der Waals surface area contributed by atoms with E-state index in [1.165, 1.54) is 39.1 Å². The van der Waals surface area contributed by atoms with Gasteiger partial charge in [0.15, 0.2) is 5.12 Å². The molecule has 0 saturated carbocycles. The highest BCUT2D eigenvalue weighted by atomic mass is 32.2. The van der Waals surface area contributed by atoms with Gasteiger partial charge in [-0.3, -0.25) is 14.4 Å². The van der Waals surface area contributed by atoms with Gasteiger partial charge in [-0.2, -0.15) is 0 Å². The average Bonchev–Trinajstić information content (AvgIpc) is 2.53. The second kappa shape index (κ2) is 15.2. The average molecular weight is 358 g/mol. The number of rotatable bonds is 13. The third kappa shape index (κ3) is 15.6. The summed E-state index contributed by atoms with van der Waals surface area (Å²) in [4.78, 5) is 33.1. The largest absolute Gasteiger partial charge is 0.469 e. The van der Waals surface area contributed by atoms with E-state index in [0.717, 1.165) is 38.5 Å². The highest BCUT2D eigenvalue weighted by Crippen LogP contribution is 2.10. The van der Waals surface area contributed by atoms with Gasteiger partial charge in [0.25, 0.3) is 0 Å². The molecule has 0 rings (SSSR count). The number of unbranched alkanes of at least 4 members (excludes halogenated alkanes) is 6. The first-order valence-corrected chi connectivity index (χ1v) is 9.58. The summed E-state index contributed by atoms with van der Waals surface area (Å²) >= 11 is 1.23. The van der Waals surface area contributed by atoms with Gasteiger partial charge in [0, 0.05) is 26.0 Å². The highest BCUT2D eigenvalue weighted by Gasteiger charge is 2.07. The summed E-state index contributed by atoms with van der Waals surface area (Å²) in [6, 6.07) is -0.0882. The van der Waals surface area contributed by atoms with E-state index in [4.69, 9.17) is 0 Å². The fourth-order valence-electron chi connectivity index (χ4n) is 2.21. The number of ether oxygens (including phenoxy) is 1. The van der Waals surface area contributed by atoms with Crippen molar-refractivity contribution in [3.8, 4) is 0 Å². The number of amides is 1. The molecule has 1 N–H and O–H groups in total. The van der Waals surface area contributed by atoms with Crippen molar-refractivity contribution in [1.82, 2.24) is 5.32 Å². The molecule has 1 unspecified atom stereocenters. The van der Waals surface area contributed by atoms with Gasteiger partial charge in [-0.05, 0) is 19.3 Å². The molecule has 0 aliphatic carbocycles. The predicted molar refractivity (Wildman–Crippen MR) is 98.8 cm³/mol. The molecule has 0 aromatic carbocycles. The van der Waals surface area contributed by atoms with Gasteiger partial charge in [0.1, 0.15) is 0 Å². The summed E-state index contributed by atoms with van der Waals surface area (Å²) in [6.07, 6.45) is 12.1. The Labute approximate surface area is 150 Å². The first kappa shape index (κ1) is 22.7. The minimum atomic E-state index is -0.128. The first-order valence-electron chi connectivity index (χ1n) is 8.59. The number of hydrogen-bond donors (Lipinski definition) is 1. The maximum Gasteiger partial charge on any atom is 0.305 e. The van der Waals surface area contributed by atoms with Crippen LogP contribution < -0.4 is 5.32 Å². The van der Waals surface area contributed by atoms with Crippen LogP contribution in [0.25, 0.3) is 0 Å². The zero-order valence-electron chi connectivity index (χ0n) is 15.1. The number of allylic oxidation sites excluding steroid dienone is 1. The van der Waals surface area contributed by atoms with Crippen LogP contribution in [0.2, 0.25) is 0 Å². The van der Waals surface area contributed by atoms with Crippen LogP contribution in [0.5, 0.6) is 0 Å². The van der Waals surface area contributed by atoms with Crippen molar-refractivity contribution in [3.63, 3.8) is 0 Å². The topological polar surface area (TPSA) is 72.5 Å². The van der Waals surface area contributed by atoms with E-state index in [1.54, 1.807) is 0 Å². The Balaban J connectivity index is 3.70. The summed E-state index contributed by atoms with van der Waals surface area (Å²) in [5.41, 5.74) is 0. The summed E-state index contributed by atoms with van der Waals surface area (Å²) in [6.45, 7) is 3.02. The van der Waals surface area contributed by atoms with E-state index < -0.39 is 0 Å². The highest BCUT2D eigenvalue weighted by molar-refractivity contribution is 8.13. The van der Waals surface area contributed by atoms with E-state index in [-0.39, 0.29) is 23.0 Å². The number of hydrogen-bond acceptors (Lipinski definition) is 5. The van der Waals surface area contributed by atoms with Crippen LogP contribution in [0.4, 0.5) is 0 Å². The van der Waals surface area contributed by atoms with E-state index in [1.807, 2.05) is 6.08 Å². The lowest BCUT2D eigenvalue weighted by Gasteiger charge is -2.12. The summed E-state index contributed by atoms with van der Waals surface area (Å²) in [5.74, 6) is 0.364. The Kier molecular flexibility index (Phi) is 14.4. The molecule has 0 aliphatic rings. The number of carbonyl (C=O) groups excluding carboxylic acids is 3. The van der Waals surface area contributed by atoms with Gasteiger partial charge in [0.05, 0.1) is 13.2 Å². The molecule has 0 bridgehead atoms. The van der Waals surface area contributed by atoms with Crippen molar-refractivity contribution < 1.29 is 19.1 Å².